The molecule has 0 aromatic rings. The second-order valence-electron chi connectivity index (χ2n) is 4.44. The Bertz CT molecular complexity index is 328. The fourth-order valence-corrected chi connectivity index (χ4v) is 1.49. The molecule has 0 heterocycles. The van der Waals surface area contributed by atoms with Crippen molar-refractivity contribution in [2.24, 2.45) is 5.73 Å². The fourth-order valence-electron chi connectivity index (χ4n) is 1.49. The zero-order valence-corrected chi connectivity index (χ0v) is 10.1. The van der Waals surface area contributed by atoms with Crippen molar-refractivity contribution in [3.63, 3.8) is 0 Å². The highest BCUT2D eigenvalue weighted by Gasteiger charge is 2.22. The second kappa shape index (κ2) is 6.95. The molecule has 102 valence electrons. The summed E-state index contributed by atoms with van der Waals surface area (Å²) in [6.45, 7) is 0.540. The molecule has 0 bridgehead atoms. The largest absolute Gasteiger partial charge is 0.480 e. The number of rotatable bonds is 9. The molecular formula is C11H19N3O4. The SMILES string of the molecule is NC(=O)CC[C@H](NC(=O)CCNC1CC1)C(=O)O. The number of carboxylic acids is 1. The van der Waals surface area contributed by atoms with E-state index >= 15 is 0 Å². The van der Waals surface area contributed by atoms with Crippen LogP contribution >= 0.6 is 0 Å². The number of primary amides is 1. The molecule has 0 aliphatic heterocycles. The molecule has 0 aromatic heterocycles. The Morgan fingerprint density at radius 3 is 2.44 bits per heavy atom. The quantitative estimate of drug-likeness (QED) is 0.420. The number of hydrogen-bond donors (Lipinski definition) is 4. The van der Waals surface area contributed by atoms with Crippen molar-refractivity contribution in [1.29, 1.82) is 0 Å². The van der Waals surface area contributed by atoms with Gasteiger partial charge in [0.15, 0.2) is 0 Å². The van der Waals surface area contributed by atoms with Crippen LogP contribution in [0, 0.1) is 0 Å². The summed E-state index contributed by atoms with van der Waals surface area (Å²) in [4.78, 5) is 32.9. The third-order valence-electron chi connectivity index (χ3n) is 2.68. The van der Waals surface area contributed by atoms with Crippen molar-refractivity contribution >= 4 is 17.8 Å². The van der Waals surface area contributed by atoms with Crippen LogP contribution in [-0.4, -0.2) is 41.5 Å². The maximum atomic E-state index is 11.5. The van der Waals surface area contributed by atoms with Crippen molar-refractivity contribution in [2.45, 2.75) is 44.2 Å². The Morgan fingerprint density at radius 1 is 1.28 bits per heavy atom. The molecule has 7 heteroatoms. The summed E-state index contributed by atoms with van der Waals surface area (Å²) in [7, 11) is 0. The van der Waals surface area contributed by atoms with Gasteiger partial charge in [0, 0.05) is 25.4 Å². The number of amides is 2. The first-order chi connectivity index (χ1) is 8.49. The number of carbonyl (C=O) groups is 3. The summed E-state index contributed by atoms with van der Waals surface area (Å²) in [6.07, 6.45) is 2.47. The highest BCUT2D eigenvalue weighted by Crippen LogP contribution is 2.18. The molecule has 7 nitrogen and oxygen atoms in total. The first-order valence-electron chi connectivity index (χ1n) is 6.03. The van der Waals surface area contributed by atoms with Crippen LogP contribution in [0.15, 0.2) is 0 Å². The van der Waals surface area contributed by atoms with Gasteiger partial charge in [-0.2, -0.15) is 0 Å². The molecule has 1 fully saturated rings. The molecule has 1 atom stereocenters. The predicted molar refractivity (Wildman–Crippen MR) is 63.6 cm³/mol. The number of aliphatic carboxylic acids is 1. The van der Waals surface area contributed by atoms with Gasteiger partial charge in [0.2, 0.25) is 11.8 Å². The third kappa shape index (κ3) is 6.19. The lowest BCUT2D eigenvalue weighted by molar-refractivity contribution is -0.142. The van der Waals surface area contributed by atoms with E-state index in [2.05, 4.69) is 10.6 Å². The molecule has 5 N–H and O–H groups in total. The molecule has 1 aliphatic carbocycles. The van der Waals surface area contributed by atoms with Crippen LogP contribution in [0.3, 0.4) is 0 Å². The highest BCUT2D eigenvalue weighted by atomic mass is 16.4. The Hall–Kier alpha value is -1.63. The molecule has 0 unspecified atom stereocenters. The number of nitrogens with two attached hydrogens (primary N) is 1. The summed E-state index contributed by atoms with van der Waals surface area (Å²) < 4.78 is 0. The van der Waals surface area contributed by atoms with Gasteiger partial charge in [-0.1, -0.05) is 0 Å². The van der Waals surface area contributed by atoms with Gasteiger partial charge in [-0.15, -0.1) is 0 Å². The predicted octanol–water partition coefficient (Wildman–Crippen LogP) is -1.04. The van der Waals surface area contributed by atoms with E-state index in [9.17, 15) is 14.4 Å². The number of carboxylic acid groups (broad SMARTS) is 1. The summed E-state index contributed by atoms with van der Waals surface area (Å²) in [6, 6.07) is -0.533. The molecular weight excluding hydrogens is 238 g/mol. The summed E-state index contributed by atoms with van der Waals surface area (Å²) in [5, 5.41) is 14.4. The fraction of sp³-hybridized carbons (Fsp3) is 0.727. The smallest absolute Gasteiger partial charge is 0.326 e. The second-order valence-corrected chi connectivity index (χ2v) is 4.44. The third-order valence-corrected chi connectivity index (χ3v) is 2.68. The van der Waals surface area contributed by atoms with Gasteiger partial charge >= 0.3 is 5.97 Å². The zero-order valence-electron chi connectivity index (χ0n) is 10.1. The Kier molecular flexibility index (Phi) is 5.57. The lowest BCUT2D eigenvalue weighted by Gasteiger charge is -2.13. The van der Waals surface area contributed by atoms with Crippen molar-refractivity contribution in [3.8, 4) is 0 Å². The zero-order chi connectivity index (χ0) is 13.5. The number of hydrogen-bond acceptors (Lipinski definition) is 4. The van der Waals surface area contributed by atoms with E-state index in [-0.39, 0.29) is 25.2 Å². The van der Waals surface area contributed by atoms with E-state index in [1.165, 1.54) is 0 Å². The average Bonchev–Trinajstić information content (AvgIpc) is 3.07. The van der Waals surface area contributed by atoms with Gasteiger partial charge in [0.05, 0.1) is 0 Å². The normalized spacial score (nSPS) is 16.0. The Balaban J connectivity index is 2.22. The minimum absolute atomic E-state index is 0.0203. The lowest BCUT2D eigenvalue weighted by atomic mass is 10.1. The van der Waals surface area contributed by atoms with Crippen LogP contribution in [0.5, 0.6) is 0 Å². The van der Waals surface area contributed by atoms with Crippen LogP contribution in [0.4, 0.5) is 0 Å². The van der Waals surface area contributed by atoms with E-state index in [4.69, 9.17) is 10.8 Å². The van der Waals surface area contributed by atoms with E-state index in [0.29, 0.717) is 12.6 Å². The molecule has 2 amide bonds. The average molecular weight is 257 g/mol. The maximum absolute atomic E-state index is 11.5. The molecule has 0 spiro atoms. The highest BCUT2D eigenvalue weighted by molar-refractivity contribution is 5.84. The van der Waals surface area contributed by atoms with E-state index in [0.717, 1.165) is 12.8 Å². The van der Waals surface area contributed by atoms with Gasteiger partial charge in [0.1, 0.15) is 6.04 Å². The van der Waals surface area contributed by atoms with Crippen LogP contribution in [0.25, 0.3) is 0 Å². The minimum atomic E-state index is -1.15. The van der Waals surface area contributed by atoms with Crippen molar-refractivity contribution in [2.75, 3.05) is 6.54 Å². The van der Waals surface area contributed by atoms with Gasteiger partial charge in [-0.05, 0) is 19.3 Å². The molecule has 0 saturated heterocycles. The van der Waals surface area contributed by atoms with Gasteiger partial charge in [0.25, 0.3) is 0 Å². The van der Waals surface area contributed by atoms with Gasteiger partial charge in [-0.3, -0.25) is 9.59 Å². The summed E-state index contributed by atoms with van der Waals surface area (Å²) >= 11 is 0. The number of carbonyl (C=O) groups excluding carboxylic acids is 2. The Labute approximate surface area is 105 Å². The summed E-state index contributed by atoms with van der Waals surface area (Å²) in [5.74, 6) is -2.06. The van der Waals surface area contributed by atoms with Gasteiger partial charge < -0.3 is 21.5 Å². The van der Waals surface area contributed by atoms with Crippen molar-refractivity contribution in [1.82, 2.24) is 10.6 Å². The van der Waals surface area contributed by atoms with Crippen LogP contribution in [0.1, 0.15) is 32.1 Å². The molecule has 1 saturated carbocycles. The Morgan fingerprint density at radius 2 is 1.94 bits per heavy atom. The minimum Gasteiger partial charge on any atom is -0.480 e. The van der Waals surface area contributed by atoms with E-state index < -0.39 is 17.9 Å². The van der Waals surface area contributed by atoms with Crippen molar-refractivity contribution in [3.05, 3.63) is 0 Å². The molecule has 0 aromatic carbocycles. The molecule has 18 heavy (non-hydrogen) atoms. The molecule has 0 radical (unpaired) electrons. The summed E-state index contributed by atoms with van der Waals surface area (Å²) in [5.41, 5.74) is 4.94. The first-order valence-corrected chi connectivity index (χ1v) is 6.03. The van der Waals surface area contributed by atoms with Crippen molar-refractivity contribution < 1.29 is 19.5 Å². The van der Waals surface area contributed by atoms with Gasteiger partial charge in [-0.25, -0.2) is 4.79 Å². The van der Waals surface area contributed by atoms with Crippen LogP contribution in [-0.2, 0) is 14.4 Å². The van der Waals surface area contributed by atoms with Crippen LogP contribution < -0.4 is 16.4 Å². The first kappa shape index (κ1) is 14.4. The monoisotopic (exact) mass is 257 g/mol. The van der Waals surface area contributed by atoms with E-state index in [1.54, 1.807) is 0 Å². The molecule has 1 rings (SSSR count). The topological polar surface area (TPSA) is 122 Å². The van der Waals surface area contributed by atoms with Crippen LogP contribution in [0.2, 0.25) is 0 Å². The van der Waals surface area contributed by atoms with E-state index in [1.807, 2.05) is 0 Å². The number of nitrogens with one attached hydrogen (secondary N) is 2. The molecule has 1 aliphatic rings. The standard InChI is InChI=1S/C11H19N3O4/c12-9(15)4-3-8(11(17)18)14-10(16)5-6-13-7-1-2-7/h7-8,13H,1-6H2,(H2,12,15)(H,14,16)(H,17,18)/t8-/m0/s1. The maximum Gasteiger partial charge on any atom is 0.326 e. The lowest BCUT2D eigenvalue weighted by Crippen LogP contribution is -2.42.